The van der Waals surface area contributed by atoms with Crippen LogP contribution < -0.4 is 10.6 Å². The summed E-state index contributed by atoms with van der Waals surface area (Å²) in [5.41, 5.74) is 1.02. The van der Waals surface area contributed by atoms with Crippen LogP contribution in [0.1, 0.15) is 10.4 Å². The minimum absolute atomic E-state index is 0.249. The van der Waals surface area contributed by atoms with E-state index in [-0.39, 0.29) is 5.56 Å². The van der Waals surface area contributed by atoms with E-state index in [1.165, 1.54) is 6.33 Å². The van der Waals surface area contributed by atoms with Crippen LogP contribution in [-0.2, 0) is 4.74 Å². The number of carboxylic acid groups (broad SMARTS) is 1. The van der Waals surface area contributed by atoms with Gasteiger partial charge in [-0.05, 0) is 24.3 Å². The molecular formula is C17H21N5O3. The lowest BCUT2D eigenvalue weighted by atomic mass is 10.2. The fourth-order valence-electron chi connectivity index (χ4n) is 2.53. The van der Waals surface area contributed by atoms with Crippen LogP contribution in [0, 0.1) is 0 Å². The third-order valence-corrected chi connectivity index (χ3v) is 3.91. The zero-order valence-electron chi connectivity index (χ0n) is 13.8. The number of ether oxygens (including phenoxy) is 1. The van der Waals surface area contributed by atoms with Crippen molar-refractivity contribution < 1.29 is 14.6 Å². The number of anilines is 3. The predicted molar refractivity (Wildman–Crippen MR) is 94.5 cm³/mol. The zero-order valence-corrected chi connectivity index (χ0v) is 13.8. The fourth-order valence-corrected chi connectivity index (χ4v) is 2.53. The van der Waals surface area contributed by atoms with Crippen LogP contribution >= 0.6 is 0 Å². The van der Waals surface area contributed by atoms with E-state index in [9.17, 15) is 4.79 Å². The summed E-state index contributed by atoms with van der Waals surface area (Å²) in [6, 6.07) is 8.33. The van der Waals surface area contributed by atoms with E-state index < -0.39 is 5.97 Å². The zero-order chi connectivity index (χ0) is 17.5. The maximum Gasteiger partial charge on any atom is 0.335 e. The second kappa shape index (κ2) is 8.41. The molecule has 0 amide bonds. The number of carboxylic acids is 1. The average Bonchev–Trinajstić information content (AvgIpc) is 2.63. The highest BCUT2D eigenvalue weighted by Gasteiger charge is 2.09. The number of hydrogen-bond acceptors (Lipinski definition) is 7. The van der Waals surface area contributed by atoms with Gasteiger partial charge in [-0.3, -0.25) is 4.90 Å². The highest BCUT2D eigenvalue weighted by Crippen LogP contribution is 2.17. The smallest absolute Gasteiger partial charge is 0.335 e. The molecule has 1 aromatic carbocycles. The number of aromatic carboxylic acids is 1. The number of morpholine rings is 1. The van der Waals surface area contributed by atoms with Crippen LogP contribution in [-0.4, -0.2) is 65.3 Å². The Kier molecular flexibility index (Phi) is 5.76. The van der Waals surface area contributed by atoms with Gasteiger partial charge >= 0.3 is 5.97 Å². The maximum absolute atomic E-state index is 10.9. The first-order valence-electron chi connectivity index (χ1n) is 8.17. The Balaban J connectivity index is 1.52. The molecule has 1 aliphatic heterocycles. The molecule has 2 aromatic rings. The first kappa shape index (κ1) is 17.1. The molecule has 8 nitrogen and oxygen atoms in total. The lowest BCUT2D eigenvalue weighted by Gasteiger charge is -2.26. The topological polar surface area (TPSA) is 99.6 Å². The molecule has 2 heterocycles. The molecule has 0 radical (unpaired) electrons. The number of nitrogens with zero attached hydrogens (tertiary/aromatic N) is 3. The molecule has 0 saturated carbocycles. The molecule has 1 saturated heterocycles. The molecule has 132 valence electrons. The minimum Gasteiger partial charge on any atom is -0.478 e. The molecule has 1 aromatic heterocycles. The van der Waals surface area contributed by atoms with Crippen molar-refractivity contribution in [1.82, 2.24) is 14.9 Å². The Hall–Kier alpha value is -2.71. The second-order valence-electron chi connectivity index (χ2n) is 5.68. The van der Waals surface area contributed by atoms with Crippen molar-refractivity contribution in [3.63, 3.8) is 0 Å². The fraction of sp³-hybridized carbons (Fsp3) is 0.353. The van der Waals surface area contributed by atoms with Crippen molar-refractivity contribution in [2.45, 2.75) is 0 Å². The van der Waals surface area contributed by atoms with Crippen LogP contribution in [0.4, 0.5) is 17.3 Å². The quantitative estimate of drug-likeness (QED) is 0.698. The number of rotatable bonds is 7. The van der Waals surface area contributed by atoms with E-state index in [0.717, 1.165) is 50.9 Å². The van der Waals surface area contributed by atoms with Gasteiger partial charge in [0.2, 0.25) is 0 Å². The Labute approximate surface area is 145 Å². The van der Waals surface area contributed by atoms with Crippen LogP contribution in [0.2, 0.25) is 0 Å². The van der Waals surface area contributed by atoms with E-state index >= 15 is 0 Å². The normalized spacial score (nSPS) is 14.9. The van der Waals surface area contributed by atoms with Crippen LogP contribution in [0.5, 0.6) is 0 Å². The Morgan fingerprint density at radius 2 is 1.88 bits per heavy atom. The Morgan fingerprint density at radius 3 is 2.60 bits per heavy atom. The molecule has 0 bridgehead atoms. The third kappa shape index (κ3) is 5.13. The van der Waals surface area contributed by atoms with Crippen molar-refractivity contribution in [3.05, 3.63) is 42.2 Å². The largest absolute Gasteiger partial charge is 0.478 e. The van der Waals surface area contributed by atoms with Crippen molar-refractivity contribution in [1.29, 1.82) is 0 Å². The minimum atomic E-state index is -0.944. The number of carbonyl (C=O) groups is 1. The van der Waals surface area contributed by atoms with Crippen molar-refractivity contribution in [3.8, 4) is 0 Å². The summed E-state index contributed by atoms with van der Waals surface area (Å²) >= 11 is 0. The molecule has 1 fully saturated rings. The van der Waals surface area contributed by atoms with Gasteiger partial charge < -0.3 is 20.5 Å². The van der Waals surface area contributed by atoms with Crippen LogP contribution in [0.15, 0.2) is 36.7 Å². The first-order chi connectivity index (χ1) is 12.2. The second-order valence-corrected chi connectivity index (χ2v) is 5.68. The van der Waals surface area contributed by atoms with E-state index in [0.29, 0.717) is 5.82 Å². The van der Waals surface area contributed by atoms with Gasteiger partial charge in [0.25, 0.3) is 0 Å². The summed E-state index contributed by atoms with van der Waals surface area (Å²) < 4.78 is 5.33. The standard InChI is InChI=1S/C17H21N5O3/c23-17(24)13-1-3-14(4-2-13)21-16-11-15(19-12-20-16)18-5-6-22-7-9-25-10-8-22/h1-4,11-12H,5-10H2,(H,23,24)(H2,18,19,20,21). The highest BCUT2D eigenvalue weighted by molar-refractivity contribution is 5.88. The van der Waals surface area contributed by atoms with Gasteiger partial charge in [0, 0.05) is 37.9 Å². The molecule has 0 atom stereocenters. The van der Waals surface area contributed by atoms with Gasteiger partial charge in [-0.25, -0.2) is 14.8 Å². The Bertz CT molecular complexity index is 702. The summed E-state index contributed by atoms with van der Waals surface area (Å²) in [5, 5.41) is 15.3. The van der Waals surface area contributed by atoms with Crippen LogP contribution in [0.3, 0.4) is 0 Å². The van der Waals surface area contributed by atoms with Gasteiger partial charge in [0.1, 0.15) is 18.0 Å². The monoisotopic (exact) mass is 343 g/mol. The number of aromatic nitrogens is 2. The first-order valence-corrected chi connectivity index (χ1v) is 8.17. The molecule has 0 unspecified atom stereocenters. The molecule has 25 heavy (non-hydrogen) atoms. The van der Waals surface area contributed by atoms with Crippen molar-refractivity contribution in [2.75, 3.05) is 50.0 Å². The van der Waals surface area contributed by atoms with Gasteiger partial charge in [0.15, 0.2) is 0 Å². The van der Waals surface area contributed by atoms with Gasteiger partial charge in [-0.1, -0.05) is 0 Å². The molecule has 8 heteroatoms. The highest BCUT2D eigenvalue weighted by atomic mass is 16.5. The molecule has 0 spiro atoms. The summed E-state index contributed by atoms with van der Waals surface area (Å²) in [4.78, 5) is 21.6. The third-order valence-electron chi connectivity index (χ3n) is 3.91. The number of nitrogens with one attached hydrogen (secondary N) is 2. The molecule has 0 aliphatic carbocycles. The van der Waals surface area contributed by atoms with E-state index in [1.807, 2.05) is 6.07 Å². The summed E-state index contributed by atoms with van der Waals surface area (Å²) in [6.45, 7) is 5.25. The predicted octanol–water partition coefficient (Wildman–Crippen LogP) is 1.66. The number of benzene rings is 1. The van der Waals surface area contributed by atoms with Crippen molar-refractivity contribution >= 4 is 23.3 Å². The average molecular weight is 343 g/mol. The molecule has 3 N–H and O–H groups in total. The van der Waals surface area contributed by atoms with Gasteiger partial charge in [-0.2, -0.15) is 0 Å². The summed E-state index contributed by atoms with van der Waals surface area (Å²) in [6.07, 6.45) is 1.49. The van der Waals surface area contributed by atoms with Crippen molar-refractivity contribution in [2.24, 2.45) is 0 Å². The SMILES string of the molecule is O=C(O)c1ccc(Nc2cc(NCCN3CCOCC3)ncn2)cc1. The van der Waals surface area contributed by atoms with E-state index in [4.69, 9.17) is 9.84 Å². The number of hydrogen-bond donors (Lipinski definition) is 3. The summed E-state index contributed by atoms with van der Waals surface area (Å²) in [5.74, 6) is 0.445. The van der Waals surface area contributed by atoms with Crippen LogP contribution in [0.25, 0.3) is 0 Å². The van der Waals surface area contributed by atoms with E-state index in [2.05, 4.69) is 25.5 Å². The molecular weight excluding hydrogens is 322 g/mol. The van der Waals surface area contributed by atoms with Gasteiger partial charge in [-0.15, -0.1) is 0 Å². The van der Waals surface area contributed by atoms with E-state index in [1.54, 1.807) is 24.3 Å². The molecule has 3 rings (SSSR count). The van der Waals surface area contributed by atoms with Gasteiger partial charge in [0.05, 0.1) is 18.8 Å². The summed E-state index contributed by atoms with van der Waals surface area (Å²) in [7, 11) is 0. The Morgan fingerprint density at radius 1 is 1.16 bits per heavy atom. The lowest BCUT2D eigenvalue weighted by molar-refractivity contribution is 0.0398. The lowest BCUT2D eigenvalue weighted by Crippen LogP contribution is -2.39. The molecule has 1 aliphatic rings. The maximum atomic E-state index is 10.9.